The molecule has 1 aromatic heterocycles. The van der Waals surface area contributed by atoms with Gasteiger partial charge in [0.25, 0.3) is 0 Å². The maximum atomic E-state index is 11.5. The van der Waals surface area contributed by atoms with Crippen LogP contribution >= 0.6 is 11.8 Å². The molecule has 0 saturated heterocycles. The number of benzene rings is 1. The molecular formula is C14H14N3O2S+. The molecule has 0 bridgehead atoms. The van der Waals surface area contributed by atoms with Gasteiger partial charge in [-0.15, -0.1) is 11.8 Å². The number of aromatic nitrogens is 1. The van der Waals surface area contributed by atoms with Gasteiger partial charge in [-0.25, -0.2) is 9.78 Å². The van der Waals surface area contributed by atoms with Crippen LogP contribution in [0.15, 0.2) is 64.9 Å². The van der Waals surface area contributed by atoms with E-state index < -0.39 is 5.97 Å². The Morgan fingerprint density at radius 3 is 2.60 bits per heavy atom. The molecule has 2 rings (SSSR count). The average Bonchev–Trinajstić information content (AvgIpc) is 2.52. The van der Waals surface area contributed by atoms with Crippen molar-refractivity contribution in [2.45, 2.75) is 4.90 Å². The van der Waals surface area contributed by atoms with Gasteiger partial charge >= 0.3 is 5.97 Å². The van der Waals surface area contributed by atoms with Crippen molar-refractivity contribution in [3.63, 3.8) is 0 Å². The third-order valence-electron chi connectivity index (χ3n) is 2.36. The number of carbonyl (C=O) groups excluding carboxylic acids is 1. The summed E-state index contributed by atoms with van der Waals surface area (Å²) in [5, 5.41) is 3.62. The van der Waals surface area contributed by atoms with Crippen LogP contribution in [-0.2, 0) is 9.63 Å². The van der Waals surface area contributed by atoms with Crippen molar-refractivity contribution in [3.05, 3.63) is 60.4 Å². The zero-order valence-corrected chi connectivity index (χ0v) is 11.5. The summed E-state index contributed by atoms with van der Waals surface area (Å²) in [5.41, 5.74) is 6.39. The first-order valence-corrected chi connectivity index (χ1v) is 6.92. The van der Waals surface area contributed by atoms with Crippen LogP contribution in [0.4, 0.5) is 0 Å². The van der Waals surface area contributed by atoms with Crippen molar-refractivity contribution in [1.82, 2.24) is 0 Å². The molecule has 2 aromatic rings. The van der Waals surface area contributed by atoms with E-state index in [0.29, 0.717) is 5.56 Å². The Labute approximate surface area is 120 Å². The van der Waals surface area contributed by atoms with E-state index in [1.165, 1.54) is 11.8 Å². The molecule has 0 radical (unpaired) electrons. The average molecular weight is 288 g/mol. The second kappa shape index (κ2) is 7.30. The predicted octanol–water partition coefficient (Wildman–Crippen LogP) is 1.46. The van der Waals surface area contributed by atoms with E-state index in [1.807, 2.05) is 30.3 Å². The molecule has 0 aliphatic rings. The lowest BCUT2D eigenvalue weighted by atomic mass is 10.2. The number of nitrogens with two attached hydrogens (primary N) is 1. The van der Waals surface area contributed by atoms with Crippen molar-refractivity contribution < 1.29 is 14.6 Å². The molecule has 0 atom stereocenters. The standard InChI is InChI=1S/C14H13N3O2S/c15-14(11-6-8-16-9-7-11)17-19-13(18)10-20-12-4-2-1-3-5-12/h1-9H,10H2,(H2,15,17)/p+1. The van der Waals surface area contributed by atoms with Crippen LogP contribution in [0.5, 0.6) is 0 Å². The van der Waals surface area contributed by atoms with Crippen LogP contribution in [0.2, 0.25) is 0 Å². The zero-order valence-electron chi connectivity index (χ0n) is 10.7. The highest BCUT2D eigenvalue weighted by atomic mass is 32.2. The lowest BCUT2D eigenvalue weighted by Crippen LogP contribution is -2.16. The molecule has 1 aromatic carbocycles. The molecule has 0 aliphatic heterocycles. The predicted molar refractivity (Wildman–Crippen MR) is 77.0 cm³/mol. The largest absolute Gasteiger partial charge is 0.380 e. The minimum absolute atomic E-state index is 0.164. The lowest BCUT2D eigenvalue weighted by molar-refractivity contribution is -0.378. The lowest BCUT2D eigenvalue weighted by Gasteiger charge is -2.00. The van der Waals surface area contributed by atoms with Gasteiger partial charge in [-0.05, 0) is 12.1 Å². The van der Waals surface area contributed by atoms with Gasteiger partial charge in [-0.3, -0.25) is 0 Å². The Bertz CT molecular complexity index is 588. The topological polar surface area (TPSA) is 78.8 Å². The zero-order chi connectivity index (χ0) is 14.2. The first kappa shape index (κ1) is 14.1. The fraction of sp³-hybridized carbons (Fsp3) is 0.0714. The fourth-order valence-electron chi connectivity index (χ4n) is 1.40. The highest BCUT2D eigenvalue weighted by molar-refractivity contribution is 8.00. The normalized spacial score (nSPS) is 11.1. The Balaban J connectivity index is 1.83. The minimum atomic E-state index is -0.440. The molecule has 0 fully saturated rings. The number of thioether (sulfide) groups is 1. The van der Waals surface area contributed by atoms with Gasteiger partial charge in [0.15, 0.2) is 18.2 Å². The summed E-state index contributed by atoms with van der Waals surface area (Å²) in [6, 6.07) is 13.1. The number of carbonyl (C=O) groups is 1. The molecule has 0 amide bonds. The Morgan fingerprint density at radius 1 is 1.20 bits per heavy atom. The second-order valence-electron chi connectivity index (χ2n) is 3.83. The maximum Gasteiger partial charge on any atom is 0.345 e. The van der Waals surface area contributed by atoms with E-state index in [-0.39, 0.29) is 11.6 Å². The van der Waals surface area contributed by atoms with E-state index >= 15 is 0 Å². The summed E-state index contributed by atoms with van der Waals surface area (Å²) >= 11 is 1.39. The van der Waals surface area contributed by atoms with Gasteiger partial charge in [0.1, 0.15) is 0 Å². The number of rotatable bonds is 5. The maximum absolute atomic E-state index is 11.5. The molecule has 0 aliphatic carbocycles. The summed E-state index contributed by atoms with van der Waals surface area (Å²) < 4.78 is 0. The number of hydrogen-bond donors (Lipinski definition) is 1. The molecule has 0 unspecified atom stereocenters. The summed E-state index contributed by atoms with van der Waals surface area (Å²) in [7, 11) is 0. The number of amidine groups is 1. The van der Waals surface area contributed by atoms with Crippen molar-refractivity contribution in [2.75, 3.05) is 5.75 Å². The Morgan fingerprint density at radius 2 is 1.90 bits per heavy atom. The molecule has 6 heteroatoms. The molecule has 3 N–H and O–H groups in total. The fourth-order valence-corrected chi connectivity index (χ4v) is 2.08. The molecular weight excluding hydrogens is 274 g/mol. The first-order valence-electron chi connectivity index (χ1n) is 5.93. The number of pyridine rings is 1. The van der Waals surface area contributed by atoms with Crippen LogP contribution in [0.25, 0.3) is 0 Å². The van der Waals surface area contributed by atoms with Gasteiger partial charge in [-0.1, -0.05) is 23.4 Å². The summed E-state index contributed by atoms with van der Waals surface area (Å²) in [6.07, 6.45) is 3.43. The number of H-pyrrole nitrogens is 1. The summed E-state index contributed by atoms with van der Waals surface area (Å²) in [4.78, 5) is 20.2. The number of oxime groups is 1. The number of nitrogens with one attached hydrogen (secondary N) is 1. The van der Waals surface area contributed by atoms with Crippen molar-refractivity contribution >= 4 is 23.6 Å². The van der Waals surface area contributed by atoms with Crippen molar-refractivity contribution in [1.29, 1.82) is 0 Å². The quantitative estimate of drug-likeness (QED) is 0.297. The smallest absolute Gasteiger partial charge is 0.345 e. The molecule has 20 heavy (non-hydrogen) atoms. The van der Waals surface area contributed by atoms with Crippen LogP contribution < -0.4 is 10.7 Å². The SMILES string of the molecule is N/C(=N\OC(=O)CSc1ccccc1)c1cc[nH+]cc1. The number of aromatic amines is 1. The van der Waals surface area contributed by atoms with E-state index in [4.69, 9.17) is 10.6 Å². The van der Waals surface area contributed by atoms with E-state index in [2.05, 4.69) is 10.1 Å². The summed E-state index contributed by atoms with van der Waals surface area (Å²) in [5.74, 6) is -0.0926. The highest BCUT2D eigenvalue weighted by Crippen LogP contribution is 2.16. The van der Waals surface area contributed by atoms with Crippen molar-refractivity contribution in [3.8, 4) is 0 Å². The van der Waals surface area contributed by atoms with Crippen LogP contribution in [0.3, 0.4) is 0 Å². The third-order valence-corrected chi connectivity index (χ3v) is 3.35. The van der Waals surface area contributed by atoms with Gasteiger partial charge < -0.3 is 10.6 Å². The minimum Gasteiger partial charge on any atom is -0.380 e. The molecule has 5 nitrogen and oxygen atoms in total. The Kier molecular flexibility index (Phi) is 5.14. The third kappa shape index (κ3) is 4.40. The molecule has 0 saturated carbocycles. The number of hydrogen-bond acceptors (Lipinski definition) is 4. The van der Waals surface area contributed by atoms with Gasteiger partial charge in [0.2, 0.25) is 0 Å². The van der Waals surface area contributed by atoms with E-state index in [1.54, 1.807) is 24.5 Å². The van der Waals surface area contributed by atoms with Gasteiger partial charge in [-0.2, -0.15) is 0 Å². The van der Waals surface area contributed by atoms with E-state index in [9.17, 15) is 4.79 Å². The van der Waals surface area contributed by atoms with Crippen molar-refractivity contribution in [2.24, 2.45) is 10.9 Å². The second-order valence-corrected chi connectivity index (χ2v) is 4.88. The van der Waals surface area contributed by atoms with Crippen LogP contribution in [-0.4, -0.2) is 17.6 Å². The van der Waals surface area contributed by atoms with Gasteiger partial charge in [0, 0.05) is 22.6 Å². The Hall–Kier alpha value is -2.34. The van der Waals surface area contributed by atoms with Crippen LogP contribution in [0, 0.1) is 0 Å². The van der Waals surface area contributed by atoms with Gasteiger partial charge in [0.05, 0.1) is 5.75 Å². The molecule has 102 valence electrons. The summed E-state index contributed by atoms with van der Waals surface area (Å²) in [6.45, 7) is 0. The monoisotopic (exact) mass is 288 g/mol. The highest BCUT2D eigenvalue weighted by Gasteiger charge is 2.06. The first-order chi connectivity index (χ1) is 9.75. The molecule has 1 heterocycles. The van der Waals surface area contributed by atoms with Crippen LogP contribution in [0.1, 0.15) is 5.56 Å². The van der Waals surface area contributed by atoms with E-state index in [0.717, 1.165) is 4.90 Å². The number of nitrogens with zero attached hydrogens (tertiary/aromatic N) is 1. The molecule has 0 spiro atoms.